The largest absolute Gasteiger partial charge is 0.290 e. The van der Waals surface area contributed by atoms with Crippen molar-refractivity contribution < 1.29 is 4.79 Å². The van der Waals surface area contributed by atoms with E-state index in [1.165, 1.54) is 0 Å². The topological polar surface area (TPSA) is 55.1 Å². The van der Waals surface area contributed by atoms with Crippen LogP contribution in [0.5, 0.6) is 0 Å². The van der Waals surface area contributed by atoms with Gasteiger partial charge in [0.05, 0.1) is 0 Å². The number of nitrogens with one attached hydrogen (secondary N) is 1. The van der Waals surface area contributed by atoms with E-state index in [1.54, 1.807) is 6.07 Å². The molecule has 2 rings (SSSR count). The zero-order valence-electron chi connectivity index (χ0n) is 7.53. The summed E-state index contributed by atoms with van der Waals surface area (Å²) in [6.45, 7) is 0. The van der Waals surface area contributed by atoms with Crippen molar-refractivity contribution >= 4 is 5.91 Å². The molecule has 0 aromatic heterocycles. The summed E-state index contributed by atoms with van der Waals surface area (Å²) in [6.07, 6.45) is 0. The lowest BCUT2D eigenvalue weighted by Crippen LogP contribution is -2.29. The standard InChI is InChI=1S/C11H10N2O/c12-13-11(14)10-7-6-8-4-2-1-3-5-9(8)10/h1-7H,12H2,(H,13,14). The molecule has 0 aromatic carbocycles. The lowest BCUT2D eigenvalue weighted by atomic mass is 10.1. The summed E-state index contributed by atoms with van der Waals surface area (Å²) in [4.78, 5) is 11.4. The van der Waals surface area contributed by atoms with Crippen molar-refractivity contribution in [2.75, 3.05) is 0 Å². The number of hydrogen-bond donors (Lipinski definition) is 2. The van der Waals surface area contributed by atoms with Crippen LogP contribution in [0.2, 0.25) is 0 Å². The van der Waals surface area contributed by atoms with Crippen LogP contribution in [0.15, 0.2) is 42.5 Å². The van der Waals surface area contributed by atoms with Crippen molar-refractivity contribution in [3.05, 3.63) is 48.0 Å². The van der Waals surface area contributed by atoms with Crippen molar-refractivity contribution in [3.63, 3.8) is 0 Å². The molecule has 14 heavy (non-hydrogen) atoms. The van der Waals surface area contributed by atoms with E-state index >= 15 is 0 Å². The SMILES string of the molecule is NNC(=O)c1ccc2cccccc1-2. The summed E-state index contributed by atoms with van der Waals surface area (Å²) in [6, 6.07) is 13.3. The van der Waals surface area contributed by atoms with Crippen molar-refractivity contribution in [1.29, 1.82) is 0 Å². The van der Waals surface area contributed by atoms with Crippen molar-refractivity contribution in [2.45, 2.75) is 0 Å². The van der Waals surface area contributed by atoms with E-state index in [4.69, 9.17) is 5.84 Å². The molecule has 0 bridgehead atoms. The van der Waals surface area contributed by atoms with Crippen LogP contribution in [0.3, 0.4) is 0 Å². The third kappa shape index (κ3) is 1.34. The van der Waals surface area contributed by atoms with Crippen LogP contribution in [0, 0.1) is 0 Å². The zero-order valence-corrected chi connectivity index (χ0v) is 7.53. The third-order valence-electron chi connectivity index (χ3n) is 2.17. The first-order valence-electron chi connectivity index (χ1n) is 4.31. The number of fused-ring (bicyclic) bond motifs is 1. The lowest BCUT2D eigenvalue weighted by molar-refractivity contribution is 0.0954. The van der Waals surface area contributed by atoms with Crippen molar-refractivity contribution in [3.8, 4) is 11.1 Å². The highest BCUT2D eigenvalue weighted by atomic mass is 16.2. The summed E-state index contributed by atoms with van der Waals surface area (Å²) >= 11 is 0. The second kappa shape index (κ2) is 3.47. The van der Waals surface area contributed by atoms with E-state index in [1.807, 2.05) is 36.4 Å². The molecular formula is C11H10N2O. The molecule has 0 saturated carbocycles. The number of nitrogen functional groups attached to an aromatic ring is 1. The Bertz CT molecular complexity index is 439. The van der Waals surface area contributed by atoms with Gasteiger partial charge in [0.1, 0.15) is 0 Å². The second-order valence-corrected chi connectivity index (χ2v) is 3.00. The normalized spacial score (nSPS) is 10.1. The van der Waals surface area contributed by atoms with Gasteiger partial charge in [0.25, 0.3) is 5.91 Å². The molecule has 3 N–H and O–H groups in total. The zero-order chi connectivity index (χ0) is 9.97. The van der Waals surface area contributed by atoms with Gasteiger partial charge in [0.2, 0.25) is 0 Å². The number of carbonyl (C=O) groups is 1. The van der Waals surface area contributed by atoms with Crippen LogP contribution < -0.4 is 11.3 Å². The van der Waals surface area contributed by atoms with Gasteiger partial charge >= 0.3 is 0 Å². The maximum atomic E-state index is 11.4. The summed E-state index contributed by atoms with van der Waals surface area (Å²) in [5.41, 5.74) is 4.69. The lowest BCUT2D eigenvalue weighted by Gasteiger charge is -1.98. The molecule has 3 nitrogen and oxygen atoms in total. The molecule has 0 heterocycles. The van der Waals surface area contributed by atoms with Crippen LogP contribution in [0.1, 0.15) is 10.4 Å². The minimum Gasteiger partial charge on any atom is -0.290 e. The number of rotatable bonds is 1. The Labute approximate surface area is 81.9 Å². The minimum absolute atomic E-state index is 0.258. The molecule has 70 valence electrons. The molecular weight excluding hydrogens is 176 g/mol. The first-order chi connectivity index (χ1) is 6.83. The third-order valence-corrected chi connectivity index (χ3v) is 2.17. The summed E-state index contributed by atoms with van der Waals surface area (Å²) in [7, 11) is 0. The van der Waals surface area contributed by atoms with Gasteiger partial charge in [-0.05, 0) is 17.2 Å². The quantitative estimate of drug-likeness (QED) is 0.402. The molecule has 3 heteroatoms. The fourth-order valence-corrected chi connectivity index (χ4v) is 1.49. The highest BCUT2D eigenvalue weighted by molar-refractivity contribution is 6.01. The van der Waals surface area contributed by atoms with Crippen LogP contribution in [-0.4, -0.2) is 5.91 Å². The predicted molar refractivity (Wildman–Crippen MR) is 54.7 cm³/mol. The highest BCUT2D eigenvalue weighted by Gasteiger charge is 2.12. The van der Waals surface area contributed by atoms with Crippen molar-refractivity contribution in [1.82, 2.24) is 5.43 Å². The van der Waals surface area contributed by atoms with Crippen LogP contribution in [0.25, 0.3) is 11.1 Å². The smallest absolute Gasteiger partial charge is 0.265 e. The first kappa shape index (κ1) is 8.72. The molecule has 0 aromatic rings. The minimum atomic E-state index is -0.258. The monoisotopic (exact) mass is 186 g/mol. The van der Waals surface area contributed by atoms with E-state index in [2.05, 4.69) is 5.43 Å². The van der Waals surface area contributed by atoms with E-state index in [0.29, 0.717) is 5.56 Å². The van der Waals surface area contributed by atoms with Crippen LogP contribution in [0.4, 0.5) is 0 Å². The summed E-state index contributed by atoms with van der Waals surface area (Å²) in [5.74, 6) is 4.83. The fraction of sp³-hybridized carbons (Fsp3) is 0. The number of amides is 1. The number of hydrazine groups is 1. The predicted octanol–water partition coefficient (Wildman–Crippen LogP) is 1.39. The second-order valence-electron chi connectivity index (χ2n) is 3.00. The molecule has 0 spiro atoms. The maximum absolute atomic E-state index is 11.4. The van der Waals surface area contributed by atoms with Gasteiger partial charge in [0.15, 0.2) is 0 Å². The van der Waals surface area contributed by atoms with Crippen LogP contribution >= 0.6 is 0 Å². The first-order valence-corrected chi connectivity index (χ1v) is 4.31. The van der Waals surface area contributed by atoms with Crippen molar-refractivity contribution in [2.24, 2.45) is 5.84 Å². The van der Waals surface area contributed by atoms with E-state index in [9.17, 15) is 4.79 Å². The van der Waals surface area contributed by atoms with Gasteiger partial charge in [-0.2, -0.15) is 0 Å². The van der Waals surface area contributed by atoms with Gasteiger partial charge in [-0.3, -0.25) is 10.2 Å². The van der Waals surface area contributed by atoms with Gasteiger partial charge in [0, 0.05) is 5.56 Å². The Morgan fingerprint density at radius 1 is 1.07 bits per heavy atom. The molecule has 0 radical (unpaired) electrons. The molecule has 0 unspecified atom stereocenters. The molecule has 0 fully saturated rings. The number of carbonyl (C=O) groups excluding carboxylic acids is 1. The maximum Gasteiger partial charge on any atom is 0.265 e. The Hall–Kier alpha value is -1.87. The molecule has 0 atom stereocenters. The summed E-state index contributed by atoms with van der Waals surface area (Å²) in [5, 5.41) is 0. The average Bonchev–Trinajstić information content (AvgIpc) is 2.46. The molecule has 2 aliphatic rings. The summed E-state index contributed by atoms with van der Waals surface area (Å²) < 4.78 is 0. The van der Waals surface area contributed by atoms with Gasteiger partial charge < -0.3 is 0 Å². The Morgan fingerprint density at radius 2 is 1.86 bits per heavy atom. The number of nitrogens with two attached hydrogens (primary N) is 1. The van der Waals surface area contributed by atoms with Crippen LogP contribution in [-0.2, 0) is 0 Å². The molecule has 2 aliphatic carbocycles. The van der Waals surface area contributed by atoms with Gasteiger partial charge in [-0.25, -0.2) is 5.84 Å². The molecule has 0 saturated heterocycles. The number of hydrogen-bond acceptors (Lipinski definition) is 2. The van der Waals surface area contributed by atoms with E-state index in [0.717, 1.165) is 11.1 Å². The Morgan fingerprint density at radius 3 is 2.64 bits per heavy atom. The van der Waals surface area contributed by atoms with Gasteiger partial charge in [-0.1, -0.05) is 36.4 Å². The van der Waals surface area contributed by atoms with E-state index in [-0.39, 0.29) is 5.91 Å². The fourth-order valence-electron chi connectivity index (χ4n) is 1.49. The molecule has 1 amide bonds. The average molecular weight is 186 g/mol. The molecule has 0 aliphatic heterocycles. The Balaban J connectivity index is 2.58. The van der Waals surface area contributed by atoms with E-state index < -0.39 is 0 Å². The Kier molecular flexibility index (Phi) is 2.16. The highest BCUT2D eigenvalue weighted by Crippen LogP contribution is 2.26. The van der Waals surface area contributed by atoms with Gasteiger partial charge in [-0.15, -0.1) is 0 Å².